The van der Waals surface area contributed by atoms with Gasteiger partial charge in [-0.3, -0.25) is 4.79 Å². The molecule has 0 fully saturated rings. The van der Waals surface area contributed by atoms with Gasteiger partial charge in [0.1, 0.15) is 0 Å². The Morgan fingerprint density at radius 2 is 1.79 bits per heavy atom. The zero-order valence-corrected chi connectivity index (χ0v) is 16.1. The number of aryl methyl sites for hydroxylation is 1. The number of halogens is 3. The van der Waals surface area contributed by atoms with Crippen molar-refractivity contribution in [2.75, 3.05) is 11.9 Å². The summed E-state index contributed by atoms with van der Waals surface area (Å²) in [5, 5.41) is 3.62. The molecule has 0 bridgehead atoms. The van der Waals surface area contributed by atoms with Gasteiger partial charge in [-0.1, -0.05) is 24.3 Å². The van der Waals surface area contributed by atoms with Gasteiger partial charge in [0.25, 0.3) is 0 Å². The van der Waals surface area contributed by atoms with Gasteiger partial charge in [0, 0.05) is 31.6 Å². The van der Waals surface area contributed by atoms with Gasteiger partial charge >= 0.3 is 6.18 Å². The Labute approximate surface area is 165 Å². The molecule has 0 radical (unpaired) electrons. The fourth-order valence-electron chi connectivity index (χ4n) is 2.98. The number of sulfonamides is 1. The van der Waals surface area contributed by atoms with Gasteiger partial charge in [-0.15, -0.1) is 0 Å². The van der Waals surface area contributed by atoms with Gasteiger partial charge in [0.15, 0.2) is 0 Å². The Morgan fingerprint density at radius 3 is 2.52 bits per heavy atom. The van der Waals surface area contributed by atoms with Crippen molar-refractivity contribution in [1.82, 2.24) is 9.29 Å². The fourth-order valence-corrected chi connectivity index (χ4v) is 4.24. The summed E-state index contributed by atoms with van der Waals surface area (Å²) in [5.41, 5.74) is 0.109. The van der Waals surface area contributed by atoms with Crippen LogP contribution < -0.4 is 10.0 Å². The lowest BCUT2D eigenvalue weighted by Crippen LogP contribution is -2.29. The van der Waals surface area contributed by atoms with Crippen LogP contribution in [0.3, 0.4) is 0 Å². The van der Waals surface area contributed by atoms with Crippen LogP contribution in [0.25, 0.3) is 10.9 Å². The molecule has 0 spiro atoms. The maximum Gasteiger partial charge on any atom is 0.417 e. The molecule has 1 amide bonds. The lowest BCUT2D eigenvalue weighted by Gasteiger charge is -2.14. The molecule has 0 saturated carbocycles. The SMILES string of the molecule is Cn1ccc2cccc(NC(=O)CCNS(=O)(=O)c3ccccc3C(F)(F)F)c21. The molecule has 29 heavy (non-hydrogen) atoms. The molecule has 3 aromatic rings. The molecule has 6 nitrogen and oxygen atoms in total. The largest absolute Gasteiger partial charge is 0.417 e. The Bertz CT molecular complexity index is 1150. The van der Waals surface area contributed by atoms with Gasteiger partial charge in [-0.2, -0.15) is 13.2 Å². The first-order valence-corrected chi connectivity index (χ1v) is 10.1. The van der Waals surface area contributed by atoms with Crippen LogP contribution in [0.4, 0.5) is 18.9 Å². The highest BCUT2D eigenvalue weighted by molar-refractivity contribution is 7.89. The van der Waals surface area contributed by atoms with Crippen molar-refractivity contribution < 1.29 is 26.4 Å². The van der Waals surface area contributed by atoms with E-state index in [1.54, 1.807) is 12.1 Å². The molecular formula is C19H18F3N3O3S. The number of hydrogen-bond acceptors (Lipinski definition) is 3. The third-order valence-electron chi connectivity index (χ3n) is 4.30. The monoisotopic (exact) mass is 425 g/mol. The number of fused-ring (bicyclic) bond motifs is 1. The van der Waals surface area contributed by atoms with Gasteiger partial charge in [0.05, 0.1) is 21.7 Å². The van der Waals surface area contributed by atoms with Crippen molar-refractivity contribution in [1.29, 1.82) is 0 Å². The van der Waals surface area contributed by atoms with E-state index in [9.17, 15) is 26.4 Å². The number of para-hydroxylation sites is 1. The van der Waals surface area contributed by atoms with E-state index in [4.69, 9.17) is 0 Å². The van der Waals surface area contributed by atoms with Crippen molar-refractivity contribution in [3.05, 3.63) is 60.3 Å². The number of nitrogens with one attached hydrogen (secondary N) is 2. The minimum absolute atomic E-state index is 0.242. The van der Waals surface area contributed by atoms with Crippen LogP contribution in [0.2, 0.25) is 0 Å². The van der Waals surface area contributed by atoms with E-state index in [-0.39, 0.29) is 13.0 Å². The highest BCUT2D eigenvalue weighted by Crippen LogP contribution is 2.33. The molecule has 0 unspecified atom stereocenters. The number of anilines is 1. The van der Waals surface area contributed by atoms with Crippen LogP contribution in [0.1, 0.15) is 12.0 Å². The smallest absolute Gasteiger partial charge is 0.349 e. The number of alkyl halides is 3. The highest BCUT2D eigenvalue weighted by Gasteiger charge is 2.36. The lowest BCUT2D eigenvalue weighted by atomic mass is 10.2. The van der Waals surface area contributed by atoms with Gasteiger partial charge in [0.2, 0.25) is 15.9 Å². The van der Waals surface area contributed by atoms with E-state index in [1.165, 1.54) is 6.07 Å². The van der Waals surface area contributed by atoms with Crippen molar-refractivity contribution >= 4 is 32.5 Å². The maximum absolute atomic E-state index is 13.0. The Morgan fingerprint density at radius 1 is 1.07 bits per heavy atom. The number of amides is 1. The number of nitrogens with zero attached hydrogens (tertiary/aromatic N) is 1. The summed E-state index contributed by atoms with van der Waals surface area (Å²) in [6, 6.07) is 11.1. The number of aromatic nitrogens is 1. The first kappa shape index (κ1) is 20.9. The molecule has 10 heteroatoms. The summed E-state index contributed by atoms with van der Waals surface area (Å²) in [7, 11) is -2.61. The summed E-state index contributed by atoms with van der Waals surface area (Å²) in [6.07, 6.45) is -3.21. The molecule has 0 aliphatic heterocycles. The lowest BCUT2D eigenvalue weighted by molar-refractivity contribution is -0.139. The molecule has 1 aromatic heterocycles. The quantitative estimate of drug-likeness (QED) is 0.634. The average Bonchev–Trinajstić information content (AvgIpc) is 3.03. The Kier molecular flexibility index (Phi) is 5.67. The summed E-state index contributed by atoms with van der Waals surface area (Å²) in [4.78, 5) is 11.3. The van der Waals surface area contributed by atoms with E-state index in [1.807, 2.05) is 29.9 Å². The molecule has 1 heterocycles. The number of benzene rings is 2. The Hall–Kier alpha value is -2.85. The van der Waals surface area contributed by atoms with Crippen molar-refractivity contribution in [3.63, 3.8) is 0 Å². The second-order valence-electron chi connectivity index (χ2n) is 6.36. The minimum Gasteiger partial charge on any atom is -0.349 e. The molecule has 3 rings (SSSR count). The summed E-state index contributed by atoms with van der Waals surface area (Å²) >= 11 is 0. The molecule has 0 aliphatic carbocycles. The molecule has 0 aliphatic rings. The normalized spacial score (nSPS) is 12.3. The van der Waals surface area contributed by atoms with Crippen molar-refractivity contribution in [2.24, 2.45) is 7.05 Å². The molecule has 2 aromatic carbocycles. The van der Waals surface area contributed by atoms with Gasteiger partial charge < -0.3 is 9.88 Å². The standard InChI is InChI=1S/C19H18F3N3O3S/c1-25-12-10-13-5-4-7-15(18(13)25)24-17(26)9-11-23-29(27,28)16-8-3-2-6-14(16)19(20,21)22/h2-8,10,12,23H,9,11H2,1H3,(H,24,26). The first-order valence-electron chi connectivity index (χ1n) is 8.59. The predicted octanol–water partition coefficient (Wildman–Crippen LogP) is 3.50. The zero-order chi connectivity index (χ0) is 21.2. The second-order valence-corrected chi connectivity index (χ2v) is 8.10. The van der Waals surface area contributed by atoms with Crippen LogP contribution in [-0.2, 0) is 28.0 Å². The van der Waals surface area contributed by atoms with E-state index in [0.717, 1.165) is 23.0 Å². The van der Waals surface area contributed by atoms with Crippen LogP contribution in [0.15, 0.2) is 59.6 Å². The minimum atomic E-state index is -4.81. The Balaban J connectivity index is 1.67. The van der Waals surface area contributed by atoms with E-state index in [2.05, 4.69) is 10.0 Å². The molecule has 2 N–H and O–H groups in total. The third kappa shape index (κ3) is 4.60. The van der Waals surface area contributed by atoms with Crippen LogP contribution >= 0.6 is 0 Å². The van der Waals surface area contributed by atoms with Crippen molar-refractivity contribution in [3.8, 4) is 0 Å². The number of hydrogen-bond donors (Lipinski definition) is 2. The number of carbonyl (C=O) groups excluding carboxylic acids is 1. The van der Waals surface area contributed by atoms with Crippen LogP contribution in [0, 0.1) is 0 Å². The van der Waals surface area contributed by atoms with Gasteiger partial charge in [-0.25, -0.2) is 13.1 Å². The van der Waals surface area contributed by atoms with Gasteiger partial charge in [-0.05, 0) is 24.3 Å². The van der Waals surface area contributed by atoms with Crippen molar-refractivity contribution in [2.45, 2.75) is 17.5 Å². The number of rotatable bonds is 6. The zero-order valence-electron chi connectivity index (χ0n) is 15.3. The summed E-state index contributed by atoms with van der Waals surface area (Å²) < 4.78 is 67.6. The highest BCUT2D eigenvalue weighted by atomic mass is 32.2. The molecule has 154 valence electrons. The molecule has 0 atom stereocenters. The average molecular weight is 425 g/mol. The van der Waals surface area contributed by atoms with E-state index >= 15 is 0 Å². The molecule has 0 saturated heterocycles. The summed E-state index contributed by atoms with van der Waals surface area (Å²) in [5.74, 6) is -0.467. The summed E-state index contributed by atoms with van der Waals surface area (Å²) in [6.45, 7) is -0.344. The third-order valence-corrected chi connectivity index (χ3v) is 5.82. The van der Waals surface area contributed by atoms with Crippen LogP contribution in [-0.4, -0.2) is 25.4 Å². The van der Waals surface area contributed by atoms with E-state index < -0.39 is 32.6 Å². The predicted molar refractivity (Wildman–Crippen MR) is 103 cm³/mol. The second kappa shape index (κ2) is 7.88. The fraction of sp³-hybridized carbons (Fsp3) is 0.211. The first-order chi connectivity index (χ1) is 13.6. The van der Waals surface area contributed by atoms with E-state index in [0.29, 0.717) is 11.8 Å². The van der Waals surface area contributed by atoms with Crippen LogP contribution in [0.5, 0.6) is 0 Å². The molecular weight excluding hydrogens is 407 g/mol. The maximum atomic E-state index is 13.0. The topological polar surface area (TPSA) is 80.2 Å². The number of carbonyl (C=O) groups is 1.